The van der Waals surface area contributed by atoms with Gasteiger partial charge in [-0.2, -0.15) is 5.26 Å². The maximum Gasteiger partial charge on any atom is 0.336 e. The molecule has 0 bridgehead atoms. The highest BCUT2D eigenvalue weighted by atomic mass is 35.5. The van der Waals surface area contributed by atoms with Crippen LogP contribution in [0, 0.1) is 18.3 Å². The summed E-state index contributed by atoms with van der Waals surface area (Å²) in [5.74, 6) is 0.688. The van der Waals surface area contributed by atoms with E-state index in [0.717, 1.165) is 5.56 Å². The maximum absolute atomic E-state index is 12.0. The number of halogens is 1. The Labute approximate surface area is 151 Å². The second kappa shape index (κ2) is 8.76. The maximum atomic E-state index is 12.0. The van der Waals surface area contributed by atoms with Crippen LogP contribution in [0.3, 0.4) is 0 Å². The largest absolute Gasteiger partial charge is 0.493 e. The van der Waals surface area contributed by atoms with Crippen LogP contribution in [0.2, 0.25) is 5.02 Å². The normalized spacial score (nSPS) is 10.3. The molecule has 0 amide bonds. The van der Waals surface area contributed by atoms with Crippen LogP contribution >= 0.6 is 11.6 Å². The molecular weight excluding hydrogens is 342 g/mol. The number of benzene rings is 2. The second-order valence-electron chi connectivity index (χ2n) is 5.05. The zero-order valence-electron chi connectivity index (χ0n) is 13.8. The number of aryl methyl sites for hydroxylation is 1. The van der Waals surface area contributed by atoms with E-state index in [2.05, 4.69) is 0 Å². The topological polar surface area (TPSA) is 68.6 Å². The summed E-state index contributed by atoms with van der Waals surface area (Å²) in [7, 11) is 1.50. The molecule has 0 saturated carbocycles. The summed E-state index contributed by atoms with van der Waals surface area (Å²) in [6.07, 6.45) is 2.88. The van der Waals surface area contributed by atoms with Gasteiger partial charge in [0.05, 0.1) is 12.1 Å². The average molecular weight is 358 g/mol. The van der Waals surface area contributed by atoms with E-state index < -0.39 is 5.97 Å². The molecule has 5 nitrogen and oxygen atoms in total. The van der Waals surface area contributed by atoms with Crippen LogP contribution in [0.1, 0.15) is 11.1 Å². The molecule has 0 atom stereocenters. The molecule has 2 aromatic rings. The molecule has 0 aliphatic heterocycles. The van der Waals surface area contributed by atoms with Crippen LogP contribution in [0.15, 0.2) is 42.5 Å². The number of methoxy groups -OCH3 is 1. The summed E-state index contributed by atoms with van der Waals surface area (Å²) in [5.41, 5.74) is 1.65. The molecule has 6 heteroatoms. The van der Waals surface area contributed by atoms with Crippen molar-refractivity contribution in [2.75, 3.05) is 13.7 Å². The van der Waals surface area contributed by atoms with Gasteiger partial charge in [0.1, 0.15) is 11.8 Å². The Morgan fingerprint density at radius 1 is 1.20 bits per heavy atom. The number of ether oxygens (including phenoxy) is 3. The van der Waals surface area contributed by atoms with Crippen molar-refractivity contribution in [3.63, 3.8) is 0 Å². The highest BCUT2D eigenvalue weighted by Gasteiger charge is 2.07. The number of carbonyl (C=O) groups is 1. The quantitative estimate of drug-likeness (QED) is 0.440. The van der Waals surface area contributed by atoms with E-state index >= 15 is 0 Å². The molecule has 128 valence electrons. The second-order valence-corrected chi connectivity index (χ2v) is 5.45. The standard InChI is InChI=1S/C19H16ClNO4/c1-13-3-6-15(20)17(11-13)25-19(22)8-5-14-4-7-16(24-10-9-21)18(12-14)23-2/h3-8,11-12H,10H2,1-2H3/b8-5+. The van der Waals surface area contributed by atoms with Crippen molar-refractivity contribution in [2.24, 2.45) is 0 Å². The Morgan fingerprint density at radius 3 is 2.72 bits per heavy atom. The Bertz CT molecular complexity index is 840. The lowest BCUT2D eigenvalue weighted by Gasteiger charge is -2.08. The van der Waals surface area contributed by atoms with Gasteiger partial charge in [-0.05, 0) is 48.4 Å². The monoisotopic (exact) mass is 357 g/mol. The molecule has 0 aromatic heterocycles. The van der Waals surface area contributed by atoms with E-state index in [9.17, 15) is 4.79 Å². The summed E-state index contributed by atoms with van der Waals surface area (Å²) in [6.45, 7) is 1.81. The SMILES string of the molecule is COc1cc(/C=C/C(=O)Oc2cc(C)ccc2Cl)ccc1OCC#N. The van der Waals surface area contributed by atoms with Crippen LogP contribution in [0.4, 0.5) is 0 Å². The minimum Gasteiger partial charge on any atom is -0.493 e. The third-order valence-electron chi connectivity index (χ3n) is 3.19. The van der Waals surface area contributed by atoms with E-state index in [1.807, 2.05) is 19.1 Å². The highest BCUT2D eigenvalue weighted by Crippen LogP contribution is 2.29. The molecule has 0 saturated heterocycles. The van der Waals surface area contributed by atoms with Crippen LogP contribution in [-0.4, -0.2) is 19.7 Å². The third-order valence-corrected chi connectivity index (χ3v) is 3.50. The van der Waals surface area contributed by atoms with Gasteiger partial charge in [0.15, 0.2) is 18.1 Å². The Balaban J connectivity index is 2.09. The van der Waals surface area contributed by atoms with E-state index in [-0.39, 0.29) is 6.61 Å². The van der Waals surface area contributed by atoms with Crippen molar-refractivity contribution in [3.8, 4) is 23.3 Å². The number of nitriles is 1. The van der Waals surface area contributed by atoms with Crippen molar-refractivity contribution >= 4 is 23.6 Å². The average Bonchev–Trinajstić information content (AvgIpc) is 2.61. The third kappa shape index (κ3) is 5.27. The van der Waals surface area contributed by atoms with Crippen LogP contribution in [0.25, 0.3) is 6.08 Å². The molecule has 0 N–H and O–H groups in total. The summed E-state index contributed by atoms with van der Waals surface area (Å²) in [6, 6.07) is 12.2. The van der Waals surface area contributed by atoms with Crippen molar-refractivity contribution in [1.82, 2.24) is 0 Å². The number of rotatable bonds is 6. The van der Waals surface area contributed by atoms with Crippen LogP contribution in [-0.2, 0) is 4.79 Å². The zero-order chi connectivity index (χ0) is 18.2. The Morgan fingerprint density at radius 2 is 2.00 bits per heavy atom. The van der Waals surface area contributed by atoms with Gasteiger partial charge in [-0.25, -0.2) is 4.79 Å². The molecule has 25 heavy (non-hydrogen) atoms. The summed E-state index contributed by atoms with van der Waals surface area (Å²) >= 11 is 6.00. The zero-order valence-corrected chi connectivity index (χ0v) is 14.5. The first-order valence-corrected chi connectivity index (χ1v) is 7.75. The van der Waals surface area contributed by atoms with Gasteiger partial charge in [-0.1, -0.05) is 23.7 Å². The van der Waals surface area contributed by atoms with Gasteiger partial charge in [0.25, 0.3) is 0 Å². The summed E-state index contributed by atoms with van der Waals surface area (Å²) in [5, 5.41) is 8.93. The van der Waals surface area contributed by atoms with Crippen LogP contribution < -0.4 is 14.2 Å². The van der Waals surface area contributed by atoms with Crippen molar-refractivity contribution in [3.05, 3.63) is 58.6 Å². The minimum absolute atomic E-state index is 0.0743. The molecule has 0 aliphatic carbocycles. The Hall–Kier alpha value is -2.97. The van der Waals surface area contributed by atoms with Crippen molar-refractivity contribution < 1.29 is 19.0 Å². The summed E-state index contributed by atoms with van der Waals surface area (Å²) < 4.78 is 15.7. The molecule has 0 heterocycles. The molecule has 0 fully saturated rings. The molecular formula is C19H16ClNO4. The van der Waals surface area contributed by atoms with E-state index in [1.54, 1.807) is 36.4 Å². The van der Waals surface area contributed by atoms with Gasteiger partial charge in [0, 0.05) is 6.08 Å². The lowest BCUT2D eigenvalue weighted by Crippen LogP contribution is -2.04. The fourth-order valence-electron chi connectivity index (χ4n) is 2.01. The lowest BCUT2D eigenvalue weighted by molar-refractivity contribution is -0.128. The molecule has 0 aliphatic rings. The molecule has 0 unspecified atom stereocenters. The number of hydrogen-bond donors (Lipinski definition) is 0. The number of hydrogen-bond acceptors (Lipinski definition) is 5. The van der Waals surface area contributed by atoms with Crippen LogP contribution in [0.5, 0.6) is 17.2 Å². The highest BCUT2D eigenvalue weighted by molar-refractivity contribution is 6.32. The minimum atomic E-state index is -0.545. The number of nitrogens with zero attached hydrogens (tertiary/aromatic N) is 1. The Kier molecular flexibility index (Phi) is 6.44. The predicted octanol–water partition coefficient (Wildman–Crippen LogP) is 4.18. The molecule has 0 spiro atoms. The van der Waals surface area contributed by atoms with Gasteiger partial charge in [-0.15, -0.1) is 0 Å². The molecule has 2 rings (SSSR count). The van der Waals surface area contributed by atoms with Gasteiger partial charge < -0.3 is 14.2 Å². The van der Waals surface area contributed by atoms with E-state index in [0.29, 0.717) is 27.8 Å². The first kappa shape index (κ1) is 18.4. The summed E-state index contributed by atoms with van der Waals surface area (Å²) in [4.78, 5) is 12.0. The van der Waals surface area contributed by atoms with E-state index in [4.69, 9.17) is 31.1 Å². The van der Waals surface area contributed by atoms with Crippen molar-refractivity contribution in [2.45, 2.75) is 6.92 Å². The first-order valence-electron chi connectivity index (χ1n) is 7.37. The van der Waals surface area contributed by atoms with Gasteiger partial charge in [0.2, 0.25) is 0 Å². The van der Waals surface area contributed by atoms with Gasteiger partial charge >= 0.3 is 5.97 Å². The lowest BCUT2D eigenvalue weighted by atomic mass is 10.2. The molecule has 0 radical (unpaired) electrons. The molecule has 2 aromatic carbocycles. The fraction of sp³-hybridized carbons (Fsp3) is 0.158. The van der Waals surface area contributed by atoms with Crippen molar-refractivity contribution in [1.29, 1.82) is 5.26 Å². The van der Waals surface area contributed by atoms with Gasteiger partial charge in [-0.3, -0.25) is 0 Å². The smallest absolute Gasteiger partial charge is 0.336 e. The van der Waals surface area contributed by atoms with E-state index in [1.165, 1.54) is 13.2 Å². The first-order chi connectivity index (χ1) is 12.0. The number of carbonyl (C=O) groups excluding carboxylic acids is 1. The fourth-order valence-corrected chi connectivity index (χ4v) is 2.17. The number of esters is 1. The predicted molar refractivity (Wildman–Crippen MR) is 95.0 cm³/mol.